The van der Waals surface area contributed by atoms with Crippen molar-refractivity contribution in [2.75, 3.05) is 0 Å². The normalized spacial score (nSPS) is 12.5. The smallest absolute Gasteiger partial charge is 0.319 e. The van der Waals surface area contributed by atoms with Crippen LogP contribution in [0.5, 0.6) is 0 Å². The molecule has 12 heteroatoms. The van der Waals surface area contributed by atoms with E-state index in [0.29, 0.717) is 5.56 Å². The maximum atomic E-state index is 12.9. The number of benzene rings is 2. The molecule has 2 aromatic carbocycles. The van der Waals surface area contributed by atoms with Crippen LogP contribution in [-0.4, -0.2) is 37.8 Å². The lowest BCUT2D eigenvalue weighted by atomic mass is 10.1. The molecule has 0 aliphatic heterocycles. The van der Waals surface area contributed by atoms with Crippen molar-refractivity contribution in [3.05, 3.63) is 70.6 Å². The molecule has 0 unspecified atom stereocenters. The lowest BCUT2D eigenvalue weighted by Gasteiger charge is -2.26. The number of amides is 1. The molecule has 0 bridgehead atoms. The maximum Gasteiger partial charge on any atom is 0.494 e. The predicted octanol–water partition coefficient (Wildman–Crippen LogP) is 4.32. The fraction of sp³-hybridized carbons (Fsp3) is 0.105. The first-order chi connectivity index (χ1) is 14.5. The highest BCUT2D eigenvalue weighted by Crippen LogP contribution is 2.35. The second-order valence-corrected chi connectivity index (χ2v) is 6.43. The number of imidazole rings is 1. The zero-order chi connectivity index (χ0) is 22.6. The molecule has 0 spiro atoms. The molecule has 0 saturated carbocycles. The Morgan fingerprint density at radius 1 is 0.935 bits per heavy atom. The summed E-state index contributed by atoms with van der Waals surface area (Å²) in [6.45, 7) is 0. The molecule has 1 N–H and O–H groups in total. The van der Waals surface area contributed by atoms with Gasteiger partial charge in [-0.2, -0.15) is 4.90 Å². The summed E-state index contributed by atoms with van der Waals surface area (Å²) in [6.07, 6.45) is -10.7. The van der Waals surface area contributed by atoms with Crippen molar-refractivity contribution in [3.63, 3.8) is 0 Å². The highest BCUT2D eigenvalue weighted by molar-refractivity contribution is 5.98. The fourth-order valence-electron chi connectivity index (χ4n) is 3.19. The average Bonchev–Trinajstić information content (AvgIpc) is 3.12. The molecule has 2 aromatic heterocycles. The number of halogens is 6. The Hall–Kier alpha value is -3.83. The van der Waals surface area contributed by atoms with Crippen LogP contribution < -0.4 is 5.56 Å². The van der Waals surface area contributed by atoms with E-state index in [1.54, 1.807) is 30.3 Å². The Bertz CT molecular complexity index is 1340. The van der Waals surface area contributed by atoms with Crippen molar-refractivity contribution in [2.45, 2.75) is 12.6 Å². The van der Waals surface area contributed by atoms with Gasteiger partial charge in [0.2, 0.25) is 0 Å². The largest absolute Gasteiger partial charge is 0.494 e. The summed E-state index contributed by atoms with van der Waals surface area (Å²) in [4.78, 5) is 29.0. The summed E-state index contributed by atoms with van der Waals surface area (Å²) < 4.78 is 78.9. The number of carbonyl (C=O) groups is 1. The zero-order valence-corrected chi connectivity index (χ0v) is 15.1. The number of aromatic amines is 1. The number of hydrogen-bond acceptors (Lipinski definition) is 3. The Morgan fingerprint density at radius 3 is 2.19 bits per heavy atom. The van der Waals surface area contributed by atoms with Gasteiger partial charge in [0.05, 0.1) is 17.2 Å². The highest BCUT2D eigenvalue weighted by Gasteiger charge is 2.57. The Morgan fingerprint density at radius 2 is 1.58 bits per heavy atom. The van der Waals surface area contributed by atoms with Gasteiger partial charge in [-0.25, -0.2) is 4.98 Å². The van der Waals surface area contributed by atoms with E-state index < -0.39 is 34.5 Å². The van der Waals surface area contributed by atoms with Gasteiger partial charge in [-0.3, -0.25) is 14.0 Å². The maximum absolute atomic E-state index is 12.9. The van der Waals surface area contributed by atoms with E-state index >= 15 is 0 Å². The van der Waals surface area contributed by atoms with Crippen LogP contribution in [-0.2, 0) is 0 Å². The molecule has 31 heavy (non-hydrogen) atoms. The van der Waals surface area contributed by atoms with E-state index in [-0.39, 0.29) is 22.4 Å². The van der Waals surface area contributed by atoms with Crippen molar-refractivity contribution in [3.8, 4) is 11.4 Å². The molecule has 6 nitrogen and oxygen atoms in total. The Balaban J connectivity index is 1.98. The van der Waals surface area contributed by atoms with Crippen LogP contribution in [0.4, 0.5) is 26.3 Å². The summed E-state index contributed by atoms with van der Waals surface area (Å²) in [5.74, 6) is -2.08. The van der Waals surface area contributed by atoms with E-state index in [0.717, 1.165) is 18.2 Å². The molecule has 4 rings (SSSR count). The number of alkyl halides is 6. The van der Waals surface area contributed by atoms with Crippen LogP contribution in [0.1, 0.15) is 10.4 Å². The summed E-state index contributed by atoms with van der Waals surface area (Å²) in [6, 6.07) is 11.1. The standard InChI is InChI=1S/C19H10F6N4O2/c20-18(21,22)29(19(23,24)25)17(31)11-6-7-12-13(8-11)28-14(16(30)27-12)9-26-15(28)10-4-2-1-3-5-10/h1-9H,(H,27,30). The van der Waals surface area contributed by atoms with Crippen molar-refractivity contribution >= 4 is 22.5 Å². The van der Waals surface area contributed by atoms with Crippen LogP contribution >= 0.6 is 0 Å². The summed E-state index contributed by atoms with van der Waals surface area (Å²) in [5, 5.41) is 0. The van der Waals surface area contributed by atoms with Gasteiger partial charge < -0.3 is 4.98 Å². The first kappa shape index (κ1) is 20.4. The molecule has 4 aromatic rings. The number of H-pyrrole nitrogens is 1. The minimum absolute atomic E-state index is 0.000508. The second-order valence-electron chi connectivity index (χ2n) is 6.43. The van der Waals surface area contributed by atoms with E-state index in [1.807, 2.05) is 0 Å². The third kappa shape index (κ3) is 3.49. The summed E-state index contributed by atoms with van der Waals surface area (Å²) >= 11 is 0. The lowest BCUT2D eigenvalue weighted by Crippen LogP contribution is -2.51. The van der Waals surface area contributed by atoms with Crippen molar-refractivity contribution < 1.29 is 31.1 Å². The van der Waals surface area contributed by atoms with Crippen LogP contribution in [0.25, 0.3) is 27.9 Å². The molecule has 2 heterocycles. The number of hydrogen-bond donors (Lipinski definition) is 1. The molecule has 0 aliphatic carbocycles. The molecule has 0 fully saturated rings. The molecule has 160 valence electrons. The van der Waals surface area contributed by atoms with Crippen molar-refractivity contribution in [2.24, 2.45) is 0 Å². The Kier molecular flexibility index (Phi) is 4.52. The summed E-state index contributed by atoms with van der Waals surface area (Å²) in [7, 11) is 0. The molecular formula is C19H10F6N4O2. The average molecular weight is 440 g/mol. The van der Waals surface area contributed by atoms with Gasteiger partial charge >= 0.3 is 12.6 Å². The minimum Gasteiger partial charge on any atom is -0.319 e. The highest BCUT2D eigenvalue weighted by atomic mass is 19.4. The number of nitrogens with zero attached hydrogens (tertiary/aromatic N) is 3. The van der Waals surface area contributed by atoms with Crippen molar-refractivity contribution in [1.29, 1.82) is 0 Å². The number of carbonyl (C=O) groups excluding carboxylic acids is 1. The third-order valence-electron chi connectivity index (χ3n) is 4.47. The van der Waals surface area contributed by atoms with Gasteiger partial charge in [0.1, 0.15) is 11.3 Å². The first-order valence-electron chi connectivity index (χ1n) is 8.55. The van der Waals surface area contributed by atoms with Crippen LogP contribution in [0.2, 0.25) is 0 Å². The monoisotopic (exact) mass is 440 g/mol. The number of rotatable bonds is 2. The molecule has 1 amide bonds. The molecular weight excluding hydrogens is 430 g/mol. The van der Waals surface area contributed by atoms with Crippen LogP contribution in [0, 0.1) is 0 Å². The predicted molar refractivity (Wildman–Crippen MR) is 97.0 cm³/mol. The van der Waals surface area contributed by atoms with Gasteiger partial charge in [0, 0.05) is 11.1 Å². The second kappa shape index (κ2) is 6.86. The van der Waals surface area contributed by atoms with E-state index in [9.17, 15) is 35.9 Å². The summed E-state index contributed by atoms with van der Waals surface area (Å²) in [5.41, 5.74) is -0.814. The van der Waals surface area contributed by atoms with Gasteiger partial charge in [-0.15, -0.1) is 26.3 Å². The van der Waals surface area contributed by atoms with Gasteiger partial charge in [0.25, 0.3) is 11.5 Å². The Labute approximate surface area is 168 Å². The van der Waals surface area contributed by atoms with E-state index in [4.69, 9.17) is 0 Å². The molecule has 0 aliphatic rings. The van der Waals surface area contributed by atoms with E-state index in [1.165, 1.54) is 10.6 Å². The molecule has 0 atom stereocenters. The van der Waals surface area contributed by atoms with Gasteiger partial charge in [-0.05, 0) is 18.2 Å². The molecule has 0 saturated heterocycles. The quantitative estimate of drug-likeness (QED) is 0.373. The number of aromatic nitrogens is 3. The van der Waals surface area contributed by atoms with Gasteiger partial charge in [0.15, 0.2) is 0 Å². The first-order valence-corrected chi connectivity index (χ1v) is 8.55. The van der Waals surface area contributed by atoms with Gasteiger partial charge in [-0.1, -0.05) is 30.3 Å². The van der Waals surface area contributed by atoms with E-state index in [2.05, 4.69) is 9.97 Å². The van der Waals surface area contributed by atoms with Crippen LogP contribution in [0.3, 0.4) is 0 Å². The minimum atomic E-state index is -5.98. The number of fused-ring (bicyclic) bond motifs is 3. The molecule has 0 radical (unpaired) electrons. The fourth-order valence-corrected chi connectivity index (χ4v) is 3.19. The zero-order valence-electron chi connectivity index (χ0n) is 15.1. The van der Waals surface area contributed by atoms with Crippen LogP contribution in [0.15, 0.2) is 59.5 Å². The van der Waals surface area contributed by atoms with Crippen molar-refractivity contribution in [1.82, 2.24) is 19.3 Å². The third-order valence-corrected chi connectivity index (χ3v) is 4.47. The topological polar surface area (TPSA) is 70.5 Å². The SMILES string of the molecule is O=C(c1ccc2[nH]c(=O)c3cnc(-c4ccccc4)n3c2c1)N(C(F)(F)F)C(F)(F)F. The lowest BCUT2D eigenvalue weighted by molar-refractivity contribution is -0.348. The number of nitrogens with one attached hydrogen (secondary N) is 1.